The summed E-state index contributed by atoms with van der Waals surface area (Å²) in [6.45, 7) is 0.195. The molecule has 3 aromatic carbocycles. The van der Waals surface area contributed by atoms with Crippen LogP contribution in [0.25, 0.3) is 0 Å². The van der Waals surface area contributed by atoms with E-state index in [4.69, 9.17) is 4.74 Å². The normalized spacial score (nSPS) is 10.1. The summed E-state index contributed by atoms with van der Waals surface area (Å²) in [6.07, 6.45) is 0. The number of anilines is 1. The van der Waals surface area contributed by atoms with E-state index in [0.717, 1.165) is 11.3 Å². The average Bonchev–Trinajstić information content (AvgIpc) is 2.76. The van der Waals surface area contributed by atoms with Crippen LogP contribution in [0.2, 0.25) is 0 Å². The number of hydrogen-bond acceptors (Lipinski definition) is 3. The first-order valence-corrected chi connectivity index (χ1v) is 9.06. The van der Waals surface area contributed by atoms with Crippen molar-refractivity contribution in [2.24, 2.45) is 0 Å². The average molecular weight is 374 g/mol. The monoisotopic (exact) mass is 374 g/mol. The number of para-hydroxylation sites is 2. The zero-order valence-corrected chi connectivity index (χ0v) is 15.5. The van der Waals surface area contributed by atoms with Gasteiger partial charge in [-0.2, -0.15) is 0 Å². The maximum absolute atomic E-state index is 12.8. The molecule has 5 nitrogen and oxygen atoms in total. The van der Waals surface area contributed by atoms with E-state index in [-0.39, 0.29) is 25.0 Å². The minimum Gasteiger partial charge on any atom is -0.484 e. The molecule has 0 aliphatic carbocycles. The van der Waals surface area contributed by atoms with E-state index in [1.54, 1.807) is 17.0 Å². The molecule has 0 aromatic heterocycles. The van der Waals surface area contributed by atoms with E-state index in [0.29, 0.717) is 12.3 Å². The predicted molar refractivity (Wildman–Crippen MR) is 109 cm³/mol. The van der Waals surface area contributed by atoms with Gasteiger partial charge in [-0.15, -0.1) is 0 Å². The maximum atomic E-state index is 12.8. The quantitative estimate of drug-likeness (QED) is 0.657. The molecule has 0 saturated carbocycles. The first-order chi connectivity index (χ1) is 13.7. The van der Waals surface area contributed by atoms with Crippen LogP contribution in [0, 0.1) is 0 Å². The third-order valence-electron chi connectivity index (χ3n) is 4.10. The smallest absolute Gasteiger partial charge is 0.258 e. The van der Waals surface area contributed by atoms with E-state index in [1.807, 2.05) is 78.9 Å². The lowest BCUT2D eigenvalue weighted by Crippen LogP contribution is -2.41. The highest BCUT2D eigenvalue weighted by Crippen LogP contribution is 2.17. The van der Waals surface area contributed by atoms with Crippen molar-refractivity contribution in [3.63, 3.8) is 0 Å². The second kappa shape index (κ2) is 9.92. The van der Waals surface area contributed by atoms with Gasteiger partial charge in [0.15, 0.2) is 6.61 Å². The molecule has 5 heteroatoms. The fourth-order valence-corrected chi connectivity index (χ4v) is 2.68. The molecule has 3 rings (SSSR count). The Kier molecular flexibility index (Phi) is 6.79. The van der Waals surface area contributed by atoms with Crippen LogP contribution in [-0.4, -0.2) is 25.0 Å². The fraction of sp³-hybridized carbons (Fsp3) is 0.130. The van der Waals surface area contributed by atoms with E-state index >= 15 is 0 Å². The van der Waals surface area contributed by atoms with Crippen molar-refractivity contribution in [1.82, 2.24) is 5.32 Å². The number of carbonyl (C=O) groups is 2. The summed E-state index contributed by atoms with van der Waals surface area (Å²) < 4.78 is 5.40. The molecule has 0 saturated heterocycles. The number of rotatable bonds is 8. The largest absolute Gasteiger partial charge is 0.484 e. The molecule has 28 heavy (non-hydrogen) atoms. The van der Waals surface area contributed by atoms with Crippen LogP contribution < -0.4 is 15.0 Å². The molecule has 0 aliphatic heterocycles. The molecule has 0 aliphatic rings. The number of nitrogens with zero attached hydrogens (tertiary/aromatic N) is 1. The van der Waals surface area contributed by atoms with Crippen LogP contribution in [0.1, 0.15) is 5.56 Å². The Morgan fingerprint density at radius 2 is 1.36 bits per heavy atom. The molecule has 0 unspecified atom stereocenters. The van der Waals surface area contributed by atoms with Crippen LogP contribution >= 0.6 is 0 Å². The molecule has 0 fully saturated rings. The SMILES string of the molecule is O=C(COc1ccccc1)NCC(=O)N(Cc1ccccc1)c1ccccc1. The summed E-state index contributed by atoms with van der Waals surface area (Å²) in [7, 11) is 0. The standard InChI is InChI=1S/C23H22N2O3/c26-22(18-28-21-14-8-3-9-15-21)24-16-23(27)25(20-12-6-2-7-13-20)17-19-10-4-1-5-11-19/h1-15H,16-18H2,(H,24,26). The molecule has 0 radical (unpaired) electrons. The fourth-order valence-electron chi connectivity index (χ4n) is 2.68. The molecule has 0 heterocycles. The van der Waals surface area contributed by atoms with Gasteiger partial charge in [-0.05, 0) is 29.8 Å². The number of ether oxygens (including phenoxy) is 1. The van der Waals surface area contributed by atoms with Gasteiger partial charge in [0.2, 0.25) is 5.91 Å². The second-order valence-electron chi connectivity index (χ2n) is 6.18. The van der Waals surface area contributed by atoms with Gasteiger partial charge < -0.3 is 15.0 Å². The van der Waals surface area contributed by atoms with E-state index in [9.17, 15) is 9.59 Å². The van der Waals surface area contributed by atoms with Gasteiger partial charge in [-0.25, -0.2) is 0 Å². The number of carbonyl (C=O) groups excluding carboxylic acids is 2. The molecule has 1 N–H and O–H groups in total. The maximum Gasteiger partial charge on any atom is 0.258 e. The van der Waals surface area contributed by atoms with Crippen LogP contribution in [0.5, 0.6) is 5.75 Å². The predicted octanol–water partition coefficient (Wildman–Crippen LogP) is 3.42. The lowest BCUT2D eigenvalue weighted by Gasteiger charge is -2.23. The van der Waals surface area contributed by atoms with Gasteiger partial charge in [0.25, 0.3) is 5.91 Å². The molecule has 2 amide bonds. The lowest BCUT2D eigenvalue weighted by atomic mass is 10.2. The van der Waals surface area contributed by atoms with Crippen molar-refractivity contribution in [1.29, 1.82) is 0 Å². The summed E-state index contributed by atoms with van der Waals surface area (Å²) in [5.74, 6) is 0.0759. The summed E-state index contributed by atoms with van der Waals surface area (Å²) in [4.78, 5) is 26.5. The van der Waals surface area contributed by atoms with Gasteiger partial charge in [-0.3, -0.25) is 9.59 Å². The Morgan fingerprint density at radius 3 is 2.00 bits per heavy atom. The van der Waals surface area contributed by atoms with Crippen molar-refractivity contribution in [2.75, 3.05) is 18.1 Å². The van der Waals surface area contributed by atoms with Crippen LogP contribution in [-0.2, 0) is 16.1 Å². The van der Waals surface area contributed by atoms with Gasteiger partial charge in [0.05, 0.1) is 13.1 Å². The minimum atomic E-state index is -0.343. The number of hydrogen-bond donors (Lipinski definition) is 1. The highest BCUT2D eigenvalue weighted by atomic mass is 16.5. The number of nitrogens with one attached hydrogen (secondary N) is 1. The minimum absolute atomic E-state index is 0.0985. The Labute approximate surface area is 164 Å². The van der Waals surface area contributed by atoms with Crippen LogP contribution in [0.4, 0.5) is 5.69 Å². The van der Waals surface area contributed by atoms with Crippen molar-refractivity contribution in [3.05, 3.63) is 96.6 Å². The highest BCUT2D eigenvalue weighted by Gasteiger charge is 2.17. The Balaban J connectivity index is 1.58. The van der Waals surface area contributed by atoms with E-state index < -0.39 is 0 Å². The molecule has 142 valence electrons. The second-order valence-corrected chi connectivity index (χ2v) is 6.18. The Hall–Kier alpha value is -3.60. The van der Waals surface area contributed by atoms with Crippen molar-refractivity contribution < 1.29 is 14.3 Å². The topological polar surface area (TPSA) is 58.6 Å². The van der Waals surface area contributed by atoms with Crippen molar-refractivity contribution in [3.8, 4) is 5.75 Å². The van der Waals surface area contributed by atoms with Gasteiger partial charge in [0.1, 0.15) is 5.75 Å². The molecule has 0 atom stereocenters. The van der Waals surface area contributed by atoms with Gasteiger partial charge in [-0.1, -0.05) is 66.7 Å². The Bertz CT molecular complexity index is 883. The summed E-state index contributed by atoms with van der Waals surface area (Å²) in [6, 6.07) is 28.2. The zero-order valence-electron chi connectivity index (χ0n) is 15.5. The molecule has 0 bridgehead atoms. The third kappa shape index (κ3) is 5.71. The summed E-state index contributed by atoms with van der Waals surface area (Å²) >= 11 is 0. The van der Waals surface area contributed by atoms with Crippen LogP contribution in [0.15, 0.2) is 91.0 Å². The van der Waals surface area contributed by atoms with E-state index in [1.165, 1.54) is 0 Å². The highest BCUT2D eigenvalue weighted by molar-refractivity contribution is 5.96. The van der Waals surface area contributed by atoms with E-state index in [2.05, 4.69) is 5.32 Å². The van der Waals surface area contributed by atoms with Crippen LogP contribution in [0.3, 0.4) is 0 Å². The first kappa shape index (κ1) is 19.2. The molecule has 0 spiro atoms. The summed E-state index contributed by atoms with van der Waals surface area (Å²) in [5, 5.41) is 2.63. The number of benzene rings is 3. The summed E-state index contributed by atoms with van der Waals surface area (Å²) in [5.41, 5.74) is 1.80. The van der Waals surface area contributed by atoms with Gasteiger partial charge >= 0.3 is 0 Å². The molecular weight excluding hydrogens is 352 g/mol. The van der Waals surface area contributed by atoms with Crippen molar-refractivity contribution >= 4 is 17.5 Å². The molecular formula is C23H22N2O3. The third-order valence-corrected chi connectivity index (χ3v) is 4.10. The number of amides is 2. The lowest BCUT2D eigenvalue weighted by molar-refractivity contribution is -0.126. The zero-order chi connectivity index (χ0) is 19.6. The molecule has 3 aromatic rings. The first-order valence-electron chi connectivity index (χ1n) is 9.06. The Morgan fingerprint density at radius 1 is 0.786 bits per heavy atom. The van der Waals surface area contributed by atoms with Crippen molar-refractivity contribution in [2.45, 2.75) is 6.54 Å². The van der Waals surface area contributed by atoms with Gasteiger partial charge in [0, 0.05) is 5.69 Å².